The first-order chi connectivity index (χ1) is 15.5. The highest BCUT2D eigenvalue weighted by molar-refractivity contribution is 6.45. The maximum absolute atomic E-state index is 12.9. The highest BCUT2D eigenvalue weighted by Crippen LogP contribution is 2.23. The number of aromatic nitrogens is 1. The number of para-hydroxylation sites is 1. The van der Waals surface area contributed by atoms with Gasteiger partial charge in [0.25, 0.3) is 11.7 Å². The smallest absolute Gasteiger partial charge is 0.292 e. The number of carbonyl (C=O) groups is 3. The number of likely N-dealkylation sites (tertiary alicyclic amines) is 1. The topological polar surface area (TPSA) is 71.4 Å². The molecule has 0 saturated carbocycles. The molecule has 1 N–H and O–H groups in total. The molecule has 2 aromatic carbocycles. The van der Waals surface area contributed by atoms with Gasteiger partial charge in [-0.15, -0.1) is 0 Å². The summed E-state index contributed by atoms with van der Waals surface area (Å²) in [7, 11) is 0. The van der Waals surface area contributed by atoms with Crippen LogP contribution in [-0.4, -0.2) is 40.2 Å². The lowest BCUT2D eigenvalue weighted by atomic mass is 10.1. The summed E-state index contributed by atoms with van der Waals surface area (Å²) < 4.78 is 1.78. The van der Waals surface area contributed by atoms with E-state index in [2.05, 4.69) is 5.32 Å². The van der Waals surface area contributed by atoms with Crippen LogP contribution in [0.25, 0.3) is 10.9 Å². The Balaban J connectivity index is 1.51. The molecular formula is C25H26ClN3O3. The van der Waals surface area contributed by atoms with Crippen LogP contribution in [0, 0.1) is 0 Å². The maximum atomic E-state index is 12.9. The lowest BCUT2D eigenvalue weighted by molar-refractivity contribution is -0.131. The van der Waals surface area contributed by atoms with Gasteiger partial charge < -0.3 is 14.8 Å². The monoisotopic (exact) mass is 451 g/mol. The van der Waals surface area contributed by atoms with Gasteiger partial charge in [-0.25, -0.2) is 0 Å². The Kier molecular flexibility index (Phi) is 6.90. The first-order valence-corrected chi connectivity index (χ1v) is 11.3. The summed E-state index contributed by atoms with van der Waals surface area (Å²) >= 11 is 5.89. The summed E-state index contributed by atoms with van der Waals surface area (Å²) in [6.45, 7) is 1.93. The van der Waals surface area contributed by atoms with Crippen molar-refractivity contribution in [2.75, 3.05) is 13.1 Å². The molecule has 2 amide bonds. The summed E-state index contributed by atoms with van der Waals surface area (Å²) in [6, 6.07) is 14.4. The number of ketones is 1. The van der Waals surface area contributed by atoms with Gasteiger partial charge in [0.05, 0.1) is 5.56 Å². The van der Waals surface area contributed by atoms with E-state index in [0.717, 1.165) is 49.9 Å². The van der Waals surface area contributed by atoms with E-state index in [1.165, 1.54) is 0 Å². The molecule has 1 aliphatic heterocycles. The fourth-order valence-electron chi connectivity index (χ4n) is 4.11. The Morgan fingerprint density at radius 1 is 0.906 bits per heavy atom. The summed E-state index contributed by atoms with van der Waals surface area (Å²) in [6.07, 6.45) is 5.98. The molecule has 3 aromatic rings. The zero-order valence-electron chi connectivity index (χ0n) is 17.9. The summed E-state index contributed by atoms with van der Waals surface area (Å²) in [5, 5.41) is 3.95. The predicted molar refractivity (Wildman–Crippen MR) is 125 cm³/mol. The number of halogens is 1. The number of hydrogen-bond acceptors (Lipinski definition) is 3. The van der Waals surface area contributed by atoms with E-state index in [1.807, 2.05) is 29.2 Å². The highest BCUT2D eigenvalue weighted by Gasteiger charge is 2.23. The molecule has 4 rings (SSSR count). The van der Waals surface area contributed by atoms with Gasteiger partial charge in [-0.1, -0.05) is 54.8 Å². The third-order valence-electron chi connectivity index (χ3n) is 5.87. The van der Waals surface area contributed by atoms with Gasteiger partial charge in [-0.2, -0.15) is 0 Å². The van der Waals surface area contributed by atoms with Crippen LogP contribution in [0.2, 0.25) is 5.02 Å². The number of fused-ring (bicyclic) bond motifs is 1. The van der Waals surface area contributed by atoms with E-state index in [4.69, 9.17) is 11.6 Å². The van der Waals surface area contributed by atoms with E-state index in [-0.39, 0.29) is 19.0 Å². The molecule has 0 unspecified atom stereocenters. The molecule has 6 nitrogen and oxygen atoms in total. The molecule has 1 fully saturated rings. The van der Waals surface area contributed by atoms with Crippen LogP contribution in [0.3, 0.4) is 0 Å². The van der Waals surface area contributed by atoms with Crippen molar-refractivity contribution in [3.05, 3.63) is 70.9 Å². The van der Waals surface area contributed by atoms with Gasteiger partial charge in [0.15, 0.2) is 0 Å². The first-order valence-electron chi connectivity index (χ1n) is 11.0. The number of nitrogens with zero attached hydrogens (tertiary/aromatic N) is 2. The third-order valence-corrected chi connectivity index (χ3v) is 6.12. The Morgan fingerprint density at radius 3 is 2.31 bits per heavy atom. The average molecular weight is 452 g/mol. The fourth-order valence-corrected chi connectivity index (χ4v) is 4.24. The molecule has 0 radical (unpaired) electrons. The van der Waals surface area contributed by atoms with Crippen molar-refractivity contribution >= 4 is 40.1 Å². The number of nitrogens with one attached hydrogen (secondary N) is 1. The molecule has 0 aliphatic carbocycles. The molecule has 2 heterocycles. The van der Waals surface area contributed by atoms with Crippen molar-refractivity contribution in [3.63, 3.8) is 0 Å². The van der Waals surface area contributed by atoms with Crippen molar-refractivity contribution in [3.8, 4) is 0 Å². The first kappa shape index (κ1) is 22.1. The van der Waals surface area contributed by atoms with Crippen molar-refractivity contribution in [1.82, 2.24) is 14.8 Å². The Labute approximate surface area is 192 Å². The SMILES string of the molecule is O=C(NCc1ccc(Cl)cc1)C(=O)c1cn(CC(=O)N2CCCCCC2)c2ccccc12. The zero-order chi connectivity index (χ0) is 22.5. The number of hydrogen-bond donors (Lipinski definition) is 1. The van der Waals surface area contributed by atoms with Crippen LogP contribution in [-0.2, 0) is 22.7 Å². The highest BCUT2D eigenvalue weighted by atomic mass is 35.5. The van der Waals surface area contributed by atoms with E-state index < -0.39 is 11.7 Å². The number of carbonyl (C=O) groups excluding carboxylic acids is 3. The quantitative estimate of drug-likeness (QED) is 0.451. The van der Waals surface area contributed by atoms with E-state index in [9.17, 15) is 14.4 Å². The summed E-state index contributed by atoms with van der Waals surface area (Å²) in [4.78, 5) is 40.3. The molecule has 0 spiro atoms. The van der Waals surface area contributed by atoms with Crippen LogP contribution < -0.4 is 5.32 Å². The van der Waals surface area contributed by atoms with Gasteiger partial charge in [0.2, 0.25) is 5.91 Å². The Bertz CT molecular complexity index is 1130. The molecule has 7 heteroatoms. The minimum Gasteiger partial charge on any atom is -0.345 e. The molecule has 166 valence electrons. The van der Waals surface area contributed by atoms with E-state index in [1.54, 1.807) is 35.0 Å². The number of Topliss-reactive ketones (excluding diaryl/α,β-unsaturated/α-hetero) is 1. The molecule has 1 saturated heterocycles. The maximum Gasteiger partial charge on any atom is 0.292 e. The van der Waals surface area contributed by atoms with E-state index >= 15 is 0 Å². The second-order valence-corrected chi connectivity index (χ2v) is 8.56. The van der Waals surface area contributed by atoms with Crippen LogP contribution >= 0.6 is 11.6 Å². The second-order valence-electron chi connectivity index (χ2n) is 8.12. The van der Waals surface area contributed by atoms with Gasteiger partial charge in [-0.05, 0) is 36.6 Å². The Morgan fingerprint density at radius 2 is 1.59 bits per heavy atom. The molecule has 0 atom stereocenters. The second kappa shape index (κ2) is 10.0. The van der Waals surface area contributed by atoms with Crippen molar-refractivity contribution in [2.24, 2.45) is 0 Å². The fraction of sp³-hybridized carbons (Fsp3) is 0.320. The summed E-state index contributed by atoms with van der Waals surface area (Å²) in [5.74, 6) is -1.25. The van der Waals surface area contributed by atoms with Gasteiger partial charge in [0, 0.05) is 41.8 Å². The normalized spacial score (nSPS) is 14.2. The molecular weight excluding hydrogens is 426 g/mol. The standard InChI is InChI=1S/C25H26ClN3O3/c26-19-11-9-18(10-12-19)15-27-25(32)24(31)21-16-29(22-8-4-3-7-20(21)22)17-23(30)28-13-5-1-2-6-14-28/h3-4,7-12,16H,1-2,5-6,13-15,17H2,(H,27,32). The van der Waals surface area contributed by atoms with Gasteiger partial charge >= 0.3 is 0 Å². The number of amides is 2. The van der Waals surface area contributed by atoms with Crippen LogP contribution in [0.5, 0.6) is 0 Å². The molecule has 32 heavy (non-hydrogen) atoms. The third kappa shape index (κ3) is 5.02. The minimum absolute atomic E-state index is 0.0406. The number of rotatable bonds is 6. The van der Waals surface area contributed by atoms with Gasteiger partial charge in [0.1, 0.15) is 6.54 Å². The van der Waals surface area contributed by atoms with Crippen molar-refractivity contribution in [1.29, 1.82) is 0 Å². The summed E-state index contributed by atoms with van der Waals surface area (Å²) in [5.41, 5.74) is 1.92. The lowest BCUT2D eigenvalue weighted by Crippen LogP contribution is -2.34. The zero-order valence-corrected chi connectivity index (χ0v) is 18.6. The predicted octanol–water partition coefficient (Wildman–Crippen LogP) is 4.20. The molecule has 1 aromatic heterocycles. The van der Waals surface area contributed by atoms with Crippen LogP contribution in [0.15, 0.2) is 54.7 Å². The van der Waals surface area contributed by atoms with Crippen molar-refractivity contribution in [2.45, 2.75) is 38.8 Å². The largest absolute Gasteiger partial charge is 0.345 e. The average Bonchev–Trinajstić information content (AvgIpc) is 2.97. The lowest BCUT2D eigenvalue weighted by Gasteiger charge is -2.20. The minimum atomic E-state index is -0.679. The van der Waals surface area contributed by atoms with Crippen LogP contribution in [0.1, 0.15) is 41.6 Å². The van der Waals surface area contributed by atoms with Crippen LogP contribution in [0.4, 0.5) is 0 Å². The van der Waals surface area contributed by atoms with E-state index in [0.29, 0.717) is 16.0 Å². The Hall–Kier alpha value is -3.12. The number of benzene rings is 2. The van der Waals surface area contributed by atoms with Crippen molar-refractivity contribution < 1.29 is 14.4 Å². The molecule has 1 aliphatic rings. The van der Waals surface area contributed by atoms with Gasteiger partial charge in [-0.3, -0.25) is 14.4 Å². The molecule has 0 bridgehead atoms.